The van der Waals surface area contributed by atoms with E-state index in [1.54, 1.807) is 0 Å². The number of nitrogens with two attached hydrogens (primary N) is 1. The fourth-order valence-corrected chi connectivity index (χ4v) is 4.03. The van der Waals surface area contributed by atoms with Gasteiger partial charge in [-0.05, 0) is 39.3 Å². The number of carbonyl (C=O) groups is 1. The maximum atomic E-state index is 12.9. The minimum atomic E-state index is -0.790. The van der Waals surface area contributed by atoms with Gasteiger partial charge in [0.15, 0.2) is 0 Å². The summed E-state index contributed by atoms with van der Waals surface area (Å²) >= 11 is 0. The van der Waals surface area contributed by atoms with Gasteiger partial charge >= 0.3 is 0 Å². The largest absolute Gasteiger partial charge is 0.378 e. The first kappa shape index (κ1) is 17.7. The number of piperidine rings is 1. The molecule has 128 valence electrons. The Bertz CT molecular complexity index is 413. The van der Waals surface area contributed by atoms with E-state index in [4.69, 9.17) is 10.5 Å². The summed E-state index contributed by atoms with van der Waals surface area (Å²) in [4.78, 5) is 17.1. The van der Waals surface area contributed by atoms with Crippen molar-refractivity contribution in [1.29, 1.82) is 0 Å². The zero-order valence-corrected chi connectivity index (χ0v) is 14.9. The van der Waals surface area contributed by atoms with Crippen molar-refractivity contribution in [3.8, 4) is 0 Å². The van der Waals surface area contributed by atoms with E-state index in [0.717, 1.165) is 19.6 Å². The summed E-state index contributed by atoms with van der Waals surface area (Å²) < 4.78 is 5.73. The third-order valence-corrected chi connectivity index (χ3v) is 5.81. The Morgan fingerprint density at radius 2 is 2.14 bits per heavy atom. The van der Waals surface area contributed by atoms with E-state index in [9.17, 15) is 4.79 Å². The summed E-state index contributed by atoms with van der Waals surface area (Å²) in [7, 11) is 4.05. The molecule has 0 aromatic heterocycles. The van der Waals surface area contributed by atoms with Crippen molar-refractivity contribution < 1.29 is 9.53 Å². The van der Waals surface area contributed by atoms with Crippen molar-refractivity contribution in [1.82, 2.24) is 9.80 Å². The fourth-order valence-electron chi connectivity index (χ4n) is 4.03. The molecule has 22 heavy (non-hydrogen) atoms. The van der Waals surface area contributed by atoms with Gasteiger partial charge in [0.05, 0.1) is 6.10 Å². The third kappa shape index (κ3) is 3.03. The van der Waals surface area contributed by atoms with Crippen LogP contribution >= 0.6 is 0 Å². The van der Waals surface area contributed by atoms with Crippen LogP contribution < -0.4 is 5.73 Å². The molecule has 0 bridgehead atoms. The lowest BCUT2D eigenvalue weighted by molar-refractivity contribution is -0.178. The predicted octanol–water partition coefficient (Wildman–Crippen LogP) is 1.32. The van der Waals surface area contributed by atoms with Gasteiger partial charge in [0.2, 0.25) is 5.91 Å². The van der Waals surface area contributed by atoms with E-state index >= 15 is 0 Å². The van der Waals surface area contributed by atoms with Crippen molar-refractivity contribution >= 4 is 5.91 Å². The van der Waals surface area contributed by atoms with Crippen LogP contribution in [0.3, 0.4) is 0 Å². The molecule has 2 rings (SSSR count). The van der Waals surface area contributed by atoms with Gasteiger partial charge in [-0.3, -0.25) is 4.79 Å². The quantitative estimate of drug-likeness (QED) is 0.832. The van der Waals surface area contributed by atoms with Crippen LogP contribution in [-0.4, -0.2) is 67.7 Å². The molecule has 0 aromatic carbocycles. The van der Waals surface area contributed by atoms with E-state index < -0.39 is 5.54 Å². The lowest BCUT2D eigenvalue weighted by Crippen LogP contribution is -2.76. The van der Waals surface area contributed by atoms with Crippen LogP contribution in [0.5, 0.6) is 0 Å². The summed E-state index contributed by atoms with van der Waals surface area (Å²) in [6.07, 6.45) is 3.13. The second-order valence-electron chi connectivity index (χ2n) is 7.80. The summed E-state index contributed by atoms with van der Waals surface area (Å²) in [5, 5.41) is 0. The first-order valence-corrected chi connectivity index (χ1v) is 8.57. The molecule has 5 nitrogen and oxygen atoms in total. The Hall–Kier alpha value is -0.650. The Kier molecular flexibility index (Phi) is 5.20. The number of ether oxygens (including phenoxy) is 1. The van der Waals surface area contributed by atoms with Crippen molar-refractivity contribution in [2.24, 2.45) is 17.1 Å². The standard InChI is InChI=1S/C17H33N3O2/c1-6-22-14-10-17(18,16(14,2)3)15(21)20(5)12-13-8-7-9-19(4)11-13/h13-14H,6-12,18H2,1-5H3. The smallest absolute Gasteiger partial charge is 0.243 e. The van der Waals surface area contributed by atoms with Crippen LogP contribution in [0, 0.1) is 11.3 Å². The van der Waals surface area contributed by atoms with Crippen molar-refractivity contribution in [2.75, 3.05) is 40.3 Å². The number of hydrogen-bond acceptors (Lipinski definition) is 4. The average molecular weight is 311 g/mol. The lowest BCUT2D eigenvalue weighted by atomic mass is 9.54. The molecule has 1 heterocycles. The maximum Gasteiger partial charge on any atom is 0.243 e. The SMILES string of the molecule is CCOC1CC(N)(C(=O)N(C)CC2CCCN(C)C2)C1(C)C. The highest BCUT2D eigenvalue weighted by Gasteiger charge is 2.63. The molecule has 2 N–H and O–H groups in total. The van der Waals surface area contributed by atoms with Gasteiger partial charge in [0.25, 0.3) is 0 Å². The van der Waals surface area contributed by atoms with Crippen LogP contribution in [0.4, 0.5) is 0 Å². The summed E-state index contributed by atoms with van der Waals surface area (Å²) in [6, 6.07) is 0. The number of amides is 1. The van der Waals surface area contributed by atoms with Crippen LogP contribution in [0.1, 0.15) is 40.0 Å². The topological polar surface area (TPSA) is 58.8 Å². The van der Waals surface area contributed by atoms with E-state index in [2.05, 4.69) is 25.8 Å². The molecular weight excluding hydrogens is 278 g/mol. The van der Waals surface area contributed by atoms with E-state index in [1.165, 1.54) is 12.8 Å². The fraction of sp³-hybridized carbons (Fsp3) is 0.941. The van der Waals surface area contributed by atoms with Gasteiger partial charge in [-0.25, -0.2) is 0 Å². The molecule has 2 aliphatic rings. The predicted molar refractivity (Wildman–Crippen MR) is 88.6 cm³/mol. The maximum absolute atomic E-state index is 12.9. The minimum Gasteiger partial charge on any atom is -0.378 e. The molecule has 1 aliphatic carbocycles. The molecular formula is C17H33N3O2. The molecule has 0 radical (unpaired) electrons. The highest BCUT2D eigenvalue weighted by atomic mass is 16.5. The Morgan fingerprint density at radius 1 is 1.45 bits per heavy atom. The zero-order valence-electron chi connectivity index (χ0n) is 14.9. The molecule has 0 aromatic rings. The van der Waals surface area contributed by atoms with Crippen molar-refractivity contribution in [3.63, 3.8) is 0 Å². The molecule has 1 saturated heterocycles. The van der Waals surface area contributed by atoms with Crippen molar-refractivity contribution in [2.45, 2.75) is 51.7 Å². The first-order valence-electron chi connectivity index (χ1n) is 8.57. The van der Waals surface area contributed by atoms with Gasteiger partial charge in [0, 0.05) is 38.6 Å². The zero-order chi connectivity index (χ0) is 16.5. The number of nitrogens with zero attached hydrogens (tertiary/aromatic N) is 2. The Balaban J connectivity index is 1.95. The number of likely N-dealkylation sites (N-methyl/N-ethyl adjacent to an activating group) is 1. The van der Waals surface area contributed by atoms with Gasteiger partial charge in [-0.1, -0.05) is 13.8 Å². The number of likely N-dealkylation sites (tertiary alicyclic amines) is 1. The van der Waals surface area contributed by atoms with Crippen molar-refractivity contribution in [3.05, 3.63) is 0 Å². The minimum absolute atomic E-state index is 0.0710. The molecule has 1 aliphatic heterocycles. The lowest BCUT2D eigenvalue weighted by Gasteiger charge is -2.58. The molecule has 3 unspecified atom stereocenters. The van der Waals surface area contributed by atoms with E-state index in [0.29, 0.717) is 18.9 Å². The van der Waals surface area contributed by atoms with Crippen LogP contribution in [-0.2, 0) is 9.53 Å². The van der Waals surface area contributed by atoms with Crippen LogP contribution in [0.15, 0.2) is 0 Å². The normalized spacial score (nSPS) is 35.0. The molecule has 2 fully saturated rings. The van der Waals surface area contributed by atoms with Gasteiger partial charge in [-0.15, -0.1) is 0 Å². The summed E-state index contributed by atoms with van der Waals surface area (Å²) in [5.41, 5.74) is 5.40. The molecule has 0 spiro atoms. The van der Waals surface area contributed by atoms with E-state index in [1.807, 2.05) is 18.9 Å². The third-order valence-electron chi connectivity index (χ3n) is 5.81. The molecule has 3 atom stereocenters. The monoisotopic (exact) mass is 311 g/mol. The highest BCUT2D eigenvalue weighted by molar-refractivity contribution is 5.88. The second-order valence-corrected chi connectivity index (χ2v) is 7.80. The second kappa shape index (κ2) is 6.46. The summed E-state index contributed by atoms with van der Waals surface area (Å²) in [6.45, 7) is 9.80. The van der Waals surface area contributed by atoms with Gasteiger partial charge in [-0.2, -0.15) is 0 Å². The number of rotatable bonds is 5. The highest BCUT2D eigenvalue weighted by Crippen LogP contribution is 2.50. The van der Waals surface area contributed by atoms with Gasteiger partial charge in [0.1, 0.15) is 5.54 Å². The average Bonchev–Trinajstić information content (AvgIpc) is 2.46. The first-order chi connectivity index (χ1) is 10.2. The number of carbonyl (C=O) groups excluding carboxylic acids is 1. The van der Waals surface area contributed by atoms with Gasteiger partial charge < -0.3 is 20.3 Å². The summed E-state index contributed by atoms with van der Waals surface area (Å²) in [5.74, 6) is 0.629. The molecule has 1 amide bonds. The number of hydrogen-bond donors (Lipinski definition) is 1. The Morgan fingerprint density at radius 3 is 2.68 bits per heavy atom. The Labute approximate surface area is 135 Å². The molecule has 5 heteroatoms. The van der Waals surface area contributed by atoms with Crippen LogP contribution in [0.2, 0.25) is 0 Å². The molecule has 1 saturated carbocycles. The van der Waals surface area contributed by atoms with E-state index in [-0.39, 0.29) is 17.4 Å². The van der Waals surface area contributed by atoms with Crippen LogP contribution in [0.25, 0.3) is 0 Å².